The van der Waals surface area contributed by atoms with Crippen LogP contribution >= 0.6 is 0 Å². The molecule has 0 bridgehead atoms. The molecule has 18 heavy (non-hydrogen) atoms. The zero-order valence-electron chi connectivity index (χ0n) is 12.0. The minimum absolute atomic E-state index is 0.368. The van der Waals surface area contributed by atoms with Gasteiger partial charge in [-0.15, -0.1) is 0 Å². The van der Waals surface area contributed by atoms with Crippen LogP contribution in [0.4, 0.5) is 0 Å². The molecular weight excluding hydrogens is 218 g/mol. The van der Waals surface area contributed by atoms with Crippen molar-refractivity contribution in [2.45, 2.75) is 58.8 Å². The van der Waals surface area contributed by atoms with E-state index in [1.807, 2.05) is 0 Å². The number of aryl methyl sites for hydroxylation is 2. The van der Waals surface area contributed by atoms with Crippen LogP contribution < -0.4 is 5.73 Å². The van der Waals surface area contributed by atoms with E-state index in [-0.39, 0.29) is 0 Å². The van der Waals surface area contributed by atoms with Crippen LogP contribution in [0.15, 0.2) is 18.2 Å². The van der Waals surface area contributed by atoms with Crippen LogP contribution in [0.1, 0.15) is 55.2 Å². The van der Waals surface area contributed by atoms with Crippen molar-refractivity contribution in [1.82, 2.24) is 0 Å². The number of benzene rings is 1. The zero-order valence-corrected chi connectivity index (χ0v) is 12.0. The lowest BCUT2D eigenvalue weighted by Gasteiger charge is -2.33. The van der Waals surface area contributed by atoms with E-state index in [9.17, 15) is 0 Å². The van der Waals surface area contributed by atoms with Crippen molar-refractivity contribution in [3.63, 3.8) is 0 Å². The molecule has 0 unspecified atom stereocenters. The van der Waals surface area contributed by atoms with Crippen LogP contribution in [-0.2, 0) is 6.42 Å². The highest BCUT2D eigenvalue weighted by Crippen LogP contribution is 2.38. The van der Waals surface area contributed by atoms with Crippen LogP contribution in [0.3, 0.4) is 0 Å². The summed E-state index contributed by atoms with van der Waals surface area (Å²) in [6.45, 7) is 5.33. The van der Waals surface area contributed by atoms with Crippen LogP contribution in [0.2, 0.25) is 0 Å². The van der Waals surface area contributed by atoms with Gasteiger partial charge in [0.2, 0.25) is 0 Å². The Kier molecular flexibility index (Phi) is 4.45. The Morgan fingerprint density at radius 1 is 1.00 bits per heavy atom. The first-order valence-electron chi connectivity index (χ1n) is 7.42. The van der Waals surface area contributed by atoms with Gasteiger partial charge in [0.25, 0.3) is 0 Å². The molecule has 0 heterocycles. The minimum atomic E-state index is 0.368. The Hall–Kier alpha value is -0.820. The van der Waals surface area contributed by atoms with E-state index < -0.39 is 0 Å². The van der Waals surface area contributed by atoms with Crippen molar-refractivity contribution < 1.29 is 0 Å². The van der Waals surface area contributed by atoms with Crippen LogP contribution in [0, 0.1) is 19.3 Å². The minimum Gasteiger partial charge on any atom is -0.330 e. The predicted octanol–water partition coefficient (Wildman–Crippen LogP) is 4.15. The fourth-order valence-corrected chi connectivity index (χ4v) is 3.43. The molecule has 0 aromatic heterocycles. The first-order chi connectivity index (χ1) is 8.67. The van der Waals surface area contributed by atoms with Gasteiger partial charge in [-0.3, -0.25) is 0 Å². The van der Waals surface area contributed by atoms with Crippen molar-refractivity contribution in [3.8, 4) is 0 Å². The molecule has 0 radical (unpaired) electrons. The molecule has 0 atom stereocenters. The summed E-state index contributed by atoms with van der Waals surface area (Å²) in [7, 11) is 0. The molecule has 2 rings (SSSR count). The third-order valence-electron chi connectivity index (χ3n) is 4.79. The largest absolute Gasteiger partial charge is 0.330 e. The van der Waals surface area contributed by atoms with Crippen molar-refractivity contribution in [1.29, 1.82) is 0 Å². The van der Waals surface area contributed by atoms with Gasteiger partial charge in [0.1, 0.15) is 0 Å². The normalized spacial score (nSPS) is 19.5. The molecule has 0 spiro atoms. The van der Waals surface area contributed by atoms with Crippen molar-refractivity contribution >= 4 is 0 Å². The highest BCUT2D eigenvalue weighted by molar-refractivity contribution is 5.34. The lowest BCUT2D eigenvalue weighted by atomic mass is 9.74. The van der Waals surface area contributed by atoms with Crippen molar-refractivity contribution in [3.05, 3.63) is 34.9 Å². The summed E-state index contributed by atoms with van der Waals surface area (Å²) in [5.74, 6) is 0. The maximum absolute atomic E-state index is 6.16. The summed E-state index contributed by atoms with van der Waals surface area (Å²) >= 11 is 0. The first-order valence-corrected chi connectivity index (χ1v) is 7.42. The molecule has 0 aliphatic heterocycles. The molecule has 1 aliphatic carbocycles. The number of rotatable bonds is 3. The molecule has 2 N–H and O–H groups in total. The highest BCUT2D eigenvalue weighted by atomic mass is 14.6. The van der Waals surface area contributed by atoms with Crippen molar-refractivity contribution in [2.75, 3.05) is 6.54 Å². The summed E-state index contributed by atoms with van der Waals surface area (Å²) in [5.41, 5.74) is 10.9. The third-order valence-corrected chi connectivity index (χ3v) is 4.79. The first kappa shape index (κ1) is 13.6. The number of hydrogen-bond acceptors (Lipinski definition) is 1. The molecule has 1 fully saturated rings. The summed E-state index contributed by atoms with van der Waals surface area (Å²) in [5, 5.41) is 0. The molecule has 1 aromatic carbocycles. The van der Waals surface area contributed by atoms with E-state index >= 15 is 0 Å². The summed E-state index contributed by atoms with van der Waals surface area (Å²) in [6.07, 6.45) is 9.34. The topological polar surface area (TPSA) is 26.0 Å². The molecular formula is C17H27N. The maximum atomic E-state index is 6.16. The van der Waals surface area contributed by atoms with Gasteiger partial charge >= 0.3 is 0 Å². The van der Waals surface area contributed by atoms with E-state index in [0.29, 0.717) is 5.41 Å². The van der Waals surface area contributed by atoms with E-state index in [2.05, 4.69) is 32.0 Å². The van der Waals surface area contributed by atoms with E-state index in [1.165, 1.54) is 56.1 Å². The summed E-state index contributed by atoms with van der Waals surface area (Å²) < 4.78 is 0. The number of nitrogens with two attached hydrogens (primary N) is 1. The second kappa shape index (κ2) is 5.88. The monoisotopic (exact) mass is 245 g/mol. The highest BCUT2D eigenvalue weighted by Gasteiger charge is 2.30. The number of hydrogen-bond donors (Lipinski definition) is 1. The quantitative estimate of drug-likeness (QED) is 0.796. The fraction of sp³-hybridized carbons (Fsp3) is 0.647. The smallest absolute Gasteiger partial charge is 0.00173 e. The lowest BCUT2D eigenvalue weighted by molar-refractivity contribution is 0.251. The second-order valence-corrected chi connectivity index (χ2v) is 6.17. The average molecular weight is 245 g/mol. The van der Waals surface area contributed by atoms with Gasteiger partial charge < -0.3 is 5.73 Å². The summed E-state index contributed by atoms with van der Waals surface area (Å²) in [6, 6.07) is 6.64. The van der Waals surface area contributed by atoms with E-state index in [4.69, 9.17) is 5.73 Å². The fourth-order valence-electron chi connectivity index (χ4n) is 3.43. The van der Waals surface area contributed by atoms with Gasteiger partial charge in [-0.05, 0) is 61.8 Å². The predicted molar refractivity (Wildman–Crippen MR) is 78.8 cm³/mol. The van der Waals surface area contributed by atoms with Gasteiger partial charge in [0.05, 0.1) is 0 Å². The van der Waals surface area contributed by atoms with E-state index in [0.717, 1.165) is 6.54 Å². The lowest BCUT2D eigenvalue weighted by Crippen LogP contribution is -2.32. The molecule has 0 amide bonds. The Labute approximate surface area is 112 Å². The Morgan fingerprint density at radius 3 is 2.06 bits per heavy atom. The molecule has 1 saturated carbocycles. The second-order valence-electron chi connectivity index (χ2n) is 6.17. The summed E-state index contributed by atoms with van der Waals surface area (Å²) in [4.78, 5) is 0. The van der Waals surface area contributed by atoms with Gasteiger partial charge in [-0.1, -0.05) is 43.9 Å². The van der Waals surface area contributed by atoms with Gasteiger partial charge in [-0.25, -0.2) is 0 Å². The standard InChI is InChI=1S/C17H27N/c1-14-8-7-9-15(2)16(14)12-17(13-18)10-5-3-4-6-11-17/h7-9H,3-6,10-13,18H2,1-2H3. The van der Waals surface area contributed by atoms with Crippen LogP contribution in [0.25, 0.3) is 0 Å². The van der Waals surface area contributed by atoms with Gasteiger partial charge in [0, 0.05) is 0 Å². The average Bonchev–Trinajstić information content (AvgIpc) is 2.60. The van der Waals surface area contributed by atoms with Crippen molar-refractivity contribution in [2.24, 2.45) is 11.1 Å². The Bertz CT molecular complexity index is 366. The molecule has 1 nitrogen and oxygen atoms in total. The maximum Gasteiger partial charge on any atom is -0.00173 e. The van der Waals surface area contributed by atoms with Crippen LogP contribution in [-0.4, -0.2) is 6.54 Å². The Balaban J connectivity index is 2.23. The molecule has 1 heteroatoms. The molecule has 1 aromatic rings. The Morgan fingerprint density at radius 2 is 1.56 bits per heavy atom. The molecule has 0 saturated heterocycles. The van der Waals surface area contributed by atoms with Gasteiger partial charge in [-0.2, -0.15) is 0 Å². The third kappa shape index (κ3) is 2.95. The van der Waals surface area contributed by atoms with E-state index in [1.54, 1.807) is 5.56 Å². The molecule has 100 valence electrons. The SMILES string of the molecule is Cc1cccc(C)c1CC1(CN)CCCCCC1. The van der Waals surface area contributed by atoms with Gasteiger partial charge in [0.15, 0.2) is 0 Å². The van der Waals surface area contributed by atoms with Crippen LogP contribution in [0.5, 0.6) is 0 Å². The molecule has 1 aliphatic rings. The zero-order chi connectivity index (χ0) is 13.0.